The smallest absolute Gasteiger partial charge is 0.136 e. The van der Waals surface area contributed by atoms with E-state index >= 15 is 0 Å². The lowest BCUT2D eigenvalue weighted by Gasteiger charge is -2.23. The molecule has 0 aliphatic heterocycles. The van der Waals surface area contributed by atoms with Gasteiger partial charge in [-0.15, -0.1) is 5.92 Å². The van der Waals surface area contributed by atoms with Crippen LogP contribution in [-0.4, -0.2) is 107 Å². The van der Waals surface area contributed by atoms with E-state index in [4.69, 9.17) is 28.4 Å². The van der Waals surface area contributed by atoms with E-state index in [1.54, 1.807) is 21.1 Å². The first kappa shape index (κ1) is 36.8. The Hall–Kier alpha value is -3.40. The Labute approximate surface area is 266 Å². The van der Waals surface area contributed by atoms with Crippen LogP contribution in [0.1, 0.15) is 48.4 Å². The maximum absolute atomic E-state index is 6.29. The largest absolute Gasteiger partial charge is 0.493 e. The minimum absolute atomic E-state index is 0.382. The summed E-state index contributed by atoms with van der Waals surface area (Å²) in [5.41, 5.74) is 3.19. The fraction of sp³-hybridized carbons (Fsp3) is 0.556. The highest BCUT2D eigenvalue weighted by Crippen LogP contribution is 2.31. The molecule has 0 aliphatic carbocycles. The predicted molar refractivity (Wildman–Crippen MR) is 176 cm³/mol. The highest BCUT2D eigenvalue weighted by molar-refractivity contribution is 5.61. The number of quaternary nitrogens is 2. The molecular formula is C36H54N2O6+2. The third-order valence-corrected chi connectivity index (χ3v) is 6.60. The van der Waals surface area contributed by atoms with Crippen molar-refractivity contribution in [3.8, 4) is 46.7 Å². The molecule has 0 saturated carbocycles. The van der Waals surface area contributed by atoms with E-state index in [1.165, 1.54) is 4.90 Å². The number of rotatable bonds is 19. The number of methoxy groups -OCH3 is 2. The second-order valence-electron chi connectivity index (χ2n) is 12.0. The van der Waals surface area contributed by atoms with Gasteiger partial charge in [-0.1, -0.05) is 17.8 Å². The van der Waals surface area contributed by atoms with Crippen LogP contribution < -0.4 is 23.8 Å². The maximum atomic E-state index is 6.29. The average Bonchev–Trinajstić information content (AvgIpc) is 2.96. The summed E-state index contributed by atoms with van der Waals surface area (Å²) < 4.78 is 35.9. The first-order chi connectivity index (χ1) is 21.1. The number of nitrogens with zero attached hydrogens (tertiary/aromatic N) is 1. The Bertz CT molecular complexity index is 1280. The molecule has 44 heavy (non-hydrogen) atoms. The molecule has 8 heteroatoms. The van der Waals surface area contributed by atoms with Gasteiger partial charge < -0.3 is 37.8 Å². The first-order valence-electron chi connectivity index (χ1n) is 15.4. The van der Waals surface area contributed by atoms with Crippen LogP contribution in [0.25, 0.3) is 0 Å². The van der Waals surface area contributed by atoms with Crippen molar-refractivity contribution in [2.45, 2.75) is 33.1 Å². The second kappa shape index (κ2) is 19.8. The van der Waals surface area contributed by atoms with Gasteiger partial charge >= 0.3 is 0 Å². The lowest BCUT2D eigenvalue weighted by Crippen LogP contribution is -3.05. The van der Waals surface area contributed by atoms with Crippen LogP contribution in [0.4, 0.5) is 0 Å². The molecule has 0 bridgehead atoms. The van der Waals surface area contributed by atoms with E-state index in [1.807, 2.05) is 31.2 Å². The molecule has 0 radical (unpaired) electrons. The summed E-state index contributed by atoms with van der Waals surface area (Å²) in [6.07, 6.45) is 3.02. The summed E-state index contributed by atoms with van der Waals surface area (Å²) in [5.74, 6) is 15.6. The molecule has 0 amide bonds. The van der Waals surface area contributed by atoms with Gasteiger partial charge in [0.05, 0.1) is 91.4 Å². The van der Waals surface area contributed by atoms with Gasteiger partial charge in [0, 0.05) is 32.8 Å². The van der Waals surface area contributed by atoms with Crippen LogP contribution in [0, 0.1) is 30.6 Å². The molecular weight excluding hydrogens is 556 g/mol. The Morgan fingerprint density at radius 1 is 0.614 bits per heavy atom. The molecule has 0 fully saturated rings. The zero-order chi connectivity index (χ0) is 32.4. The summed E-state index contributed by atoms with van der Waals surface area (Å²) in [5, 5.41) is 0. The van der Waals surface area contributed by atoms with Crippen molar-refractivity contribution in [1.82, 2.24) is 0 Å². The summed E-state index contributed by atoms with van der Waals surface area (Å²) in [6.45, 7) is 8.92. The second-order valence-corrected chi connectivity index (χ2v) is 12.0. The third-order valence-electron chi connectivity index (χ3n) is 6.60. The molecule has 0 aliphatic rings. The van der Waals surface area contributed by atoms with Gasteiger partial charge in [0.25, 0.3) is 0 Å². The zero-order valence-corrected chi connectivity index (χ0v) is 28.5. The molecule has 2 aromatic rings. The van der Waals surface area contributed by atoms with Crippen LogP contribution in [-0.2, 0) is 9.47 Å². The molecule has 2 aromatic carbocycles. The maximum Gasteiger partial charge on any atom is 0.136 e. The molecule has 0 saturated heterocycles. The number of unbranched alkanes of at least 4 members (excludes halogenated alkanes) is 1. The van der Waals surface area contributed by atoms with Gasteiger partial charge in [0.2, 0.25) is 0 Å². The molecule has 0 atom stereocenters. The lowest BCUT2D eigenvalue weighted by atomic mass is 10.1. The SMILES string of the molecule is CC#Cc1cc(OCCOC)c(C#Cc2cc(OCCC[N+](C)(C)C)c(C)cc2OCCCC[NH+](C)C)cc1OCCOC. The number of aryl methyl sites for hydroxylation is 1. The quantitative estimate of drug-likeness (QED) is 0.149. The van der Waals surface area contributed by atoms with Crippen molar-refractivity contribution < 1.29 is 37.8 Å². The van der Waals surface area contributed by atoms with Gasteiger partial charge in [-0.2, -0.15) is 0 Å². The monoisotopic (exact) mass is 610 g/mol. The van der Waals surface area contributed by atoms with Crippen LogP contribution >= 0.6 is 0 Å². The molecule has 242 valence electrons. The van der Waals surface area contributed by atoms with Gasteiger partial charge in [-0.25, -0.2) is 0 Å². The predicted octanol–water partition coefficient (Wildman–Crippen LogP) is 3.60. The summed E-state index contributed by atoms with van der Waals surface area (Å²) in [6, 6.07) is 7.78. The van der Waals surface area contributed by atoms with Crippen LogP contribution in [0.3, 0.4) is 0 Å². The van der Waals surface area contributed by atoms with Gasteiger partial charge in [0.15, 0.2) is 0 Å². The fourth-order valence-electron chi connectivity index (χ4n) is 4.25. The topological polar surface area (TPSA) is 59.8 Å². The minimum atomic E-state index is 0.382. The van der Waals surface area contributed by atoms with Crippen LogP contribution in [0.2, 0.25) is 0 Å². The lowest BCUT2D eigenvalue weighted by molar-refractivity contribution is -0.870. The van der Waals surface area contributed by atoms with Crippen molar-refractivity contribution in [3.63, 3.8) is 0 Å². The molecule has 0 spiro atoms. The Balaban J connectivity index is 2.48. The molecule has 0 unspecified atom stereocenters. The highest BCUT2D eigenvalue weighted by atomic mass is 16.5. The summed E-state index contributed by atoms with van der Waals surface area (Å²) in [7, 11) is 14.2. The van der Waals surface area contributed by atoms with Crippen LogP contribution in [0.15, 0.2) is 24.3 Å². The highest BCUT2D eigenvalue weighted by Gasteiger charge is 2.13. The average molecular weight is 611 g/mol. The molecule has 0 heterocycles. The van der Waals surface area contributed by atoms with Crippen molar-refractivity contribution in [3.05, 3.63) is 46.5 Å². The minimum Gasteiger partial charge on any atom is -0.493 e. The first-order valence-corrected chi connectivity index (χ1v) is 15.4. The van der Waals surface area contributed by atoms with E-state index in [2.05, 4.69) is 58.9 Å². The molecule has 2 rings (SSSR count). The third kappa shape index (κ3) is 13.9. The van der Waals surface area contributed by atoms with Gasteiger partial charge in [-0.3, -0.25) is 0 Å². The Morgan fingerprint density at radius 3 is 1.61 bits per heavy atom. The summed E-state index contributed by atoms with van der Waals surface area (Å²) >= 11 is 0. The standard InChI is InChI=1S/C36H53N2O6/c1-10-14-30-27-36(44-24-22-40-9)32(28-35(30)43-23-21-39-8)16-15-31-26-33(41-20-13-18-38(5,6)7)29(2)25-34(31)42-19-12-11-17-37(3)4/h25-28H,11-13,17-24H2,1-9H3/q+1/p+1. The molecule has 1 N–H and O–H groups in total. The Kier molecular flexibility index (Phi) is 16.5. The van der Waals surface area contributed by atoms with Crippen molar-refractivity contribution >= 4 is 0 Å². The summed E-state index contributed by atoms with van der Waals surface area (Å²) in [4.78, 5) is 1.43. The van der Waals surface area contributed by atoms with Crippen molar-refractivity contribution in [2.24, 2.45) is 0 Å². The van der Waals surface area contributed by atoms with Gasteiger partial charge in [-0.05, 0) is 44.4 Å². The number of hydrogen-bond donors (Lipinski definition) is 1. The van der Waals surface area contributed by atoms with E-state index in [0.717, 1.165) is 65.0 Å². The number of benzene rings is 2. The normalized spacial score (nSPS) is 11.0. The van der Waals surface area contributed by atoms with E-state index < -0.39 is 0 Å². The van der Waals surface area contributed by atoms with E-state index in [9.17, 15) is 0 Å². The molecule has 8 nitrogen and oxygen atoms in total. The number of nitrogens with one attached hydrogen (secondary N) is 1. The number of hydrogen-bond acceptors (Lipinski definition) is 6. The van der Waals surface area contributed by atoms with E-state index in [-0.39, 0.29) is 0 Å². The number of ether oxygens (including phenoxy) is 6. The van der Waals surface area contributed by atoms with Crippen molar-refractivity contribution in [1.29, 1.82) is 0 Å². The van der Waals surface area contributed by atoms with Crippen LogP contribution in [0.5, 0.6) is 23.0 Å². The van der Waals surface area contributed by atoms with Crippen molar-refractivity contribution in [2.75, 3.05) is 102 Å². The van der Waals surface area contributed by atoms with Gasteiger partial charge in [0.1, 0.15) is 36.2 Å². The molecule has 0 aromatic heterocycles. The Morgan fingerprint density at radius 2 is 1.09 bits per heavy atom. The zero-order valence-electron chi connectivity index (χ0n) is 28.5. The van der Waals surface area contributed by atoms with E-state index in [0.29, 0.717) is 56.7 Å². The fourth-order valence-corrected chi connectivity index (χ4v) is 4.25.